The van der Waals surface area contributed by atoms with Gasteiger partial charge >= 0.3 is 0 Å². The summed E-state index contributed by atoms with van der Waals surface area (Å²) in [4.78, 5) is 30.0. The molecule has 0 unspecified atom stereocenters. The van der Waals surface area contributed by atoms with Gasteiger partial charge in [0.25, 0.3) is 5.91 Å². The van der Waals surface area contributed by atoms with Crippen LogP contribution in [-0.4, -0.2) is 48.4 Å². The molecule has 0 radical (unpaired) electrons. The van der Waals surface area contributed by atoms with E-state index in [2.05, 4.69) is 0 Å². The number of piperidine rings is 1. The maximum Gasteiger partial charge on any atom is 0.256 e. The first kappa shape index (κ1) is 27.0. The van der Waals surface area contributed by atoms with Crippen LogP contribution < -0.4 is 4.74 Å². The smallest absolute Gasteiger partial charge is 0.256 e. The molecule has 2 amide bonds. The number of hydrogen-bond acceptors (Lipinski definition) is 3. The molecule has 0 N–H and O–H groups in total. The Morgan fingerprint density at radius 2 is 1.57 bits per heavy atom. The van der Waals surface area contributed by atoms with Crippen molar-refractivity contribution in [2.45, 2.75) is 25.8 Å². The summed E-state index contributed by atoms with van der Waals surface area (Å²) in [7, 11) is 1.79. The number of ether oxygens (including phenoxy) is 1. The zero-order valence-electron chi connectivity index (χ0n) is 20.6. The SMILES string of the molecule is CN(Cc1ccccc1)C(=O)CC1(COc2ccc(F)cc2)CCN(C(=O)c2c(Cl)cccc2Cl)CC1. The molecule has 1 fully saturated rings. The van der Waals surface area contributed by atoms with Gasteiger partial charge in [-0.1, -0.05) is 59.6 Å². The largest absolute Gasteiger partial charge is 0.493 e. The summed E-state index contributed by atoms with van der Waals surface area (Å²) in [5, 5.41) is 0.624. The fourth-order valence-corrected chi connectivity index (χ4v) is 5.14. The maximum atomic E-state index is 13.4. The summed E-state index contributed by atoms with van der Waals surface area (Å²) in [6.45, 7) is 1.65. The third-order valence-corrected chi connectivity index (χ3v) is 7.49. The van der Waals surface area contributed by atoms with Crippen LogP contribution in [0.5, 0.6) is 5.75 Å². The molecule has 0 spiro atoms. The van der Waals surface area contributed by atoms with Crippen molar-refractivity contribution in [2.75, 3.05) is 26.7 Å². The third-order valence-electron chi connectivity index (χ3n) is 6.86. The molecule has 8 heteroatoms. The number of carbonyl (C=O) groups is 2. The summed E-state index contributed by atoms with van der Waals surface area (Å²) in [6, 6.07) is 20.6. The van der Waals surface area contributed by atoms with Crippen molar-refractivity contribution in [1.82, 2.24) is 9.80 Å². The van der Waals surface area contributed by atoms with Gasteiger partial charge in [0.1, 0.15) is 11.6 Å². The molecule has 37 heavy (non-hydrogen) atoms. The number of rotatable bonds is 8. The van der Waals surface area contributed by atoms with Crippen LogP contribution >= 0.6 is 23.2 Å². The normalized spacial score (nSPS) is 14.8. The molecule has 4 rings (SSSR count). The Morgan fingerprint density at radius 3 is 2.19 bits per heavy atom. The van der Waals surface area contributed by atoms with E-state index in [0.717, 1.165) is 5.56 Å². The number of hydrogen-bond donors (Lipinski definition) is 0. The highest BCUT2D eigenvalue weighted by atomic mass is 35.5. The molecule has 0 atom stereocenters. The van der Waals surface area contributed by atoms with Gasteiger partial charge in [0, 0.05) is 38.5 Å². The first-order valence-electron chi connectivity index (χ1n) is 12.2. The Labute approximate surface area is 226 Å². The van der Waals surface area contributed by atoms with Gasteiger partial charge in [-0.15, -0.1) is 0 Å². The van der Waals surface area contributed by atoms with Crippen LogP contribution in [0.15, 0.2) is 72.8 Å². The number of nitrogens with zero attached hydrogens (tertiary/aromatic N) is 2. The molecule has 1 aliphatic rings. The quantitative estimate of drug-likeness (QED) is 0.327. The van der Waals surface area contributed by atoms with Crippen LogP contribution in [0.1, 0.15) is 35.2 Å². The molecule has 3 aromatic rings. The first-order chi connectivity index (χ1) is 17.8. The van der Waals surface area contributed by atoms with Crippen LogP contribution in [0.2, 0.25) is 10.0 Å². The van der Waals surface area contributed by atoms with E-state index in [4.69, 9.17) is 27.9 Å². The van der Waals surface area contributed by atoms with Gasteiger partial charge in [0.15, 0.2) is 0 Å². The molecule has 1 heterocycles. The van der Waals surface area contributed by atoms with Gasteiger partial charge in [-0.25, -0.2) is 4.39 Å². The van der Waals surface area contributed by atoms with Crippen LogP contribution in [-0.2, 0) is 11.3 Å². The van der Waals surface area contributed by atoms with E-state index in [9.17, 15) is 14.0 Å². The van der Waals surface area contributed by atoms with E-state index in [0.29, 0.717) is 53.8 Å². The minimum Gasteiger partial charge on any atom is -0.493 e. The fraction of sp³-hybridized carbons (Fsp3) is 0.310. The van der Waals surface area contributed by atoms with Gasteiger partial charge in [-0.3, -0.25) is 9.59 Å². The molecule has 3 aromatic carbocycles. The molecule has 5 nitrogen and oxygen atoms in total. The molecule has 0 aliphatic carbocycles. The van der Waals surface area contributed by atoms with Gasteiger partial charge in [-0.05, 0) is 54.8 Å². The Balaban J connectivity index is 1.48. The Bertz CT molecular complexity index is 1210. The predicted molar refractivity (Wildman–Crippen MR) is 143 cm³/mol. The average Bonchev–Trinajstić information content (AvgIpc) is 2.89. The molecule has 1 saturated heterocycles. The highest BCUT2D eigenvalue weighted by Gasteiger charge is 2.40. The van der Waals surface area contributed by atoms with Gasteiger partial charge in [0.2, 0.25) is 5.91 Å². The van der Waals surface area contributed by atoms with Crippen molar-refractivity contribution in [2.24, 2.45) is 5.41 Å². The molecule has 1 aliphatic heterocycles. The maximum absolute atomic E-state index is 13.4. The third kappa shape index (κ3) is 6.82. The second-order valence-corrected chi connectivity index (χ2v) is 10.4. The van der Waals surface area contributed by atoms with E-state index >= 15 is 0 Å². The van der Waals surface area contributed by atoms with E-state index in [1.165, 1.54) is 12.1 Å². The van der Waals surface area contributed by atoms with Crippen LogP contribution in [0, 0.1) is 11.2 Å². The summed E-state index contributed by atoms with van der Waals surface area (Å²) >= 11 is 12.5. The number of benzene rings is 3. The highest BCUT2D eigenvalue weighted by molar-refractivity contribution is 6.39. The number of amides is 2. The lowest BCUT2D eigenvalue weighted by molar-refractivity contribution is -0.134. The van der Waals surface area contributed by atoms with Crippen LogP contribution in [0.3, 0.4) is 0 Å². The summed E-state index contributed by atoms with van der Waals surface area (Å²) in [6.07, 6.45) is 1.40. The number of carbonyl (C=O) groups excluding carboxylic acids is 2. The first-order valence-corrected chi connectivity index (χ1v) is 12.9. The highest BCUT2D eigenvalue weighted by Crippen LogP contribution is 2.38. The lowest BCUT2D eigenvalue weighted by Gasteiger charge is -2.42. The standard InChI is InChI=1S/C29H29Cl2FN2O3/c1-33(19-21-6-3-2-4-7-21)26(35)18-29(20-37-23-12-10-22(32)11-13-23)14-16-34(17-15-29)28(36)27-24(30)8-5-9-25(27)31/h2-13H,14-20H2,1H3. The zero-order chi connectivity index (χ0) is 26.4. The van der Waals surface area contributed by atoms with Gasteiger partial charge in [0.05, 0.1) is 22.2 Å². The Morgan fingerprint density at radius 1 is 0.946 bits per heavy atom. The van der Waals surface area contributed by atoms with Crippen LogP contribution in [0.25, 0.3) is 0 Å². The number of likely N-dealkylation sites (tertiary alicyclic amines) is 1. The van der Waals surface area contributed by atoms with Crippen molar-refractivity contribution in [3.8, 4) is 5.75 Å². The van der Waals surface area contributed by atoms with Gasteiger partial charge in [-0.2, -0.15) is 0 Å². The monoisotopic (exact) mass is 542 g/mol. The summed E-state index contributed by atoms with van der Waals surface area (Å²) < 4.78 is 19.4. The molecular formula is C29H29Cl2FN2O3. The van der Waals surface area contributed by atoms with E-state index < -0.39 is 5.41 Å². The van der Waals surface area contributed by atoms with Crippen molar-refractivity contribution < 1.29 is 18.7 Å². The van der Waals surface area contributed by atoms with Crippen molar-refractivity contribution in [1.29, 1.82) is 0 Å². The second-order valence-electron chi connectivity index (χ2n) is 9.54. The minimum atomic E-state index is -0.489. The zero-order valence-corrected chi connectivity index (χ0v) is 22.1. The summed E-state index contributed by atoms with van der Waals surface area (Å²) in [5.41, 5.74) is 0.851. The van der Waals surface area contributed by atoms with Crippen molar-refractivity contribution >= 4 is 35.0 Å². The Hall–Kier alpha value is -3.09. The predicted octanol–water partition coefficient (Wildman–Crippen LogP) is 6.48. The molecule has 0 bridgehead atoms. The molecule has 0 aromatic heterocycles. The Kier molecular flexibility index (Phi) is 8.72. The van der Waals surface area contributed by atoms with E-state index in [-0.39, 0.29) is 30.7 Å². The topological polar surface area (TPSA) is 49.9 Å². The van der Waals surface area contributed by atoms with E-state index in [1.54, 1.807) is 47.2 Å². The second kappa shape index (κ2) is 12.0. The molecular weight excluding hydrogens is 514 g/mol. The molecule has 194 valence electrons. The lowest BCUT2D eigenvalue weighted by Crippen LogP contribution is -2.47. The van der Waals surface area contributed by atoms with Gasteiger partial charge < -0.3 is 14.5 Å². The van der Waals surface area contributed by atoms with E-state index in [1.807, 2.05) is 30.3 Å². The summed E-state index contributed by atoms with van der Waals surface area (Å²) in [5.74, 6) is -0.0336. The van der Waals surface area contributed by atoms with Crippen LogP contribution in [0.4, 0.5) is 4.39 Å². The fourth-order valence-electron chi connectivity index (χ4n) is 4.59. The lowest BCUT2D eigenvalue weighted by atomic mass is 9.75. The average molecular weight is 543 g/mol. The molecule has 0 saturated carbocycles. The number of halogens is 3. The minimum absolute atomic E-state index is 0.000448. The van der Waals surface area contributed by atoms with Crippen molar-refractivity contribution in [3.63, 3.8) is 0 Å². The van der Waals surface area contributed by atoms with Crippen molar-refractivity contribution in [3.05, 3.63) is 99.8 Å².